The summed E-state index contributed by atoms with van der Waals surface area (Å²) in [5, 5.41) is -0.0887. The maximum absolute atomic E-state index is 11.3. The first-order valence-electron chi connectivity index (χ1n) is 5.16. The van der Waals surface area contributed by atoms with Crippen molar-refractivity contribution in [2.75, 3.05) is 0 Å². The summed E-state index contributed by atoms with van der Waals surface area (Å²) >= 11 is 0. The second-order valence-corrected chi connectivity index (χ2v) is 6.51. The lowest BCUT2D eigenvalue weighted by molar-refractivity contribution is 0.387. The van der Waals surface area contributed by atoms with Crippen molar-refractivity contribution in [3.63, 3.8) is 0 Å². The first-order valence-corrected chi connectivity index (χ1v) is 6.77. The van der Waals surface area contributed by atoms with Gasteiger partial charge >= 0.3 is 7.60 Å². The number of fused-ring (bicyclic) bond motifs is 1. The van der Waals surface area contributed by atoms with E-state index in [0.29, 0.717) is 11.5 Å². The summed E-state index contributed by atoms with van der Waals surface area (Å²) in [7, 11) is -4.33. The quantitative estimate of drug-likeness (QED) is 0.760. The van der Waals surface area contributed by atoms with Gasteiger partial charge in [0.15, 0.2) is 5.58 Å². The molecule has 0 unspecified atom stereocenters. The molecule has 1 aromatic carbocycles. The van der Waals surface area contributed by atoms with Crippen molar-refractivity contribution in [1.29, 1.82) is 0 Å². The van der Waals surface area contributed by atoms with Crippen LogP contribution < -0.4 is 5.30 Å². The van der Waals surface area contributed by atoms with E-state index in [1.54, 1.807) is 12.1 Å². The van der Waals surface area contributed by atoms with E-state index in [1.807, 2.05) is 20.8 Å². The predicted octanol–water partition coefficient (Wildman–Crippen LogP) is 1.93. The lowest BCUT2D eigenvalue weighted by atomic mass is 9.97. The zero-order valence-electron chi connectivity index (χ0n) is 9.84. The van der Waals surface area contributed by atoms with Crippen LogP contribution in [0.5, 0.6) is 0 Å². The number of oxazole rings is 1. The van der Waals surface area contributed by atoms with Crippen molar-refractivity contribution in [2.24, 2.45) is 0 Å². The van der Waals surface area contributed by atoms with Gasteiger partial charge in [0, 0.05) is 5.41 Å². The number of aromatic nitrogens is 1. The van der Waals surface area contributed by atoms with Crippen LogP contribution in [0.15, 0.2) is 22.6 Å². The molecular formula is C11H14NO4P. The fourth-order valence-electron chi connectivity index (χ4n) is 1.49. The minimum Gasteiger partial charge on any atom is -0.440 e. The van der Waals surface area contributed by atoms with E-state index >= 15 is 0 Å². The molecule has 0 bridgehead atoms. The van der Waals surface area contributed by atoms with Crippen molar-refractivity contribution in [2.45, 2.75) is 26.2 Å². The van der Waals surface area contributed by atoms with Gasteiger partial charge in [-0.1, -0.05) is 26.8 Å². The van der Waals surface area contributed by atoms with E-state index < -0.39 is 7.60 Å². The molecule has 0 amide bonds. The van der Waals surface area contributed by atoms with E-state index in [2.05, 4.69) is 4.98 Å². The van der Waals surface area contributed by atoms with Crippen molar-refractivity contribution in [1.82, 2.24) is 4.98 Å². The van der Waals surface area contributed by atoms with Crippen molar-refractivity contribution in [3.05, 3.63) is 24.1 Å². The van der Waals surface area contributed by atoms with Crippen LogP contribution in [-0.2, 0) is 9.98 Å². The highest BCUT2D eigenvalue weighted by atomic mass is 31.2. The molecule has 6 heteroatoms. The summed E-state index contributed by atoms with van der Waals surface area (Å²) < 4.78 is 16.8. The summed E-state index contributed by atoms with van der Waals surface area (Å²) in [4.78, 5) is 22.6. The fraction of sp³-hybridized carbons (Fsp3) is 0.364. The molecular weight excluding hydrogens is 241 g/mol. The van der Waals surface area contributed by atoms with Crippen LogP contribution in [0.25, 0.3) is 11.1 Å². The van der Waals surface area contributed by atoms with Gasteiger partial charge in [0.05, 0.1) is 5.30 Å². The van der Waals surface area contributed by atoms with Crippen molar-refractivity contribution < 1.29 is 18.8 Å². The molecule has 2 rings (SSSR count). The molecule has 0 saturated heterocycles. The Morgan fingerprint density at radius 2 is 1.94 bits per heavy atom. The van der Waals surface area contributed by atoms with Gasteiger partial charge < -0.3 is 14.2 Å². The van der Waals surface area contributed by atoms with Crippen LogP contribution in [0.3, 0.4) is 0 Å². The van der Waals surface area contributed by atoms with Crippen molar-refractivity contribution >= 4 is 24.0 Å². The van der Waals surface area contributed by atoms with Crippen LogP contribution >= 0.6 is 7.60 Å². The van der Waals surface area contributed by atoms with Crippen molar-refractivity contribution in [3.8, 4) is 0 Å². The molecule has 5 nitrogen and oxygen atoms in total. The molecule has 1 heterocycles. The zero-order valence-corrected chi connectivity index (χ0v) is 10.7. The highest BCUT2D eigenvalue weighted by molar-refractivity contribution is 7.60. The van der Waals surface area contributed by atoms with Gasteiger partial charge in [0.2, 0.25) is 5.89 Å². The molecule has 1 aromatic heterocycles. The second-order valence-electron chi connectivity index (χ2n) is 4.94. The number of hydrogen-bond acceptors (Lipinski definition) is 3. The highest BCUT2D eigenvalue weighted by Crippen LogP contribution is 2.37. The van der Waals surface area contributed by atoms with E-state index in [9.17, 15) is 14.4 Å². The molecule has 0 atom stereocenters. The Bertz CT molecular complexity index is 605. The number of para-hydroxylation sites is 1. The lowest BCUT2D eigenvalue weighted by Crippen LogP contribution is -2.12. The third-order valence-electron chi connectivity index (χ3n) is 2.35. The summed E-state index contributed by atoms with van der Waals surface area (Å²) in [6.45, 7) is 5.78. The average Bonchev–Trinajstić information content (AvgIpc) is 2.57. The molecule has 0 saturated carbocycles. The maximum atomic E-state index is 11.3. The Hall–Kier alpha value is -1.16. The third-order valence-corrected chi connectivity index (χ3v) is 3.34. The van der Waals surface area contributed by atoms with Gasteiger partial charge in [-0.3, -0.25) is 4.57 Å². The van der Waals surface area contributed by atoms with Crippen LogP contribution in [0.2, 0.25) is 0 Å². The van der Waals surface area contributed by atoms with E-state index in [-0.39, 0.29) is 16.2 Å². The molecule has 0 aliphatic heterocycles. The largest absolute Gasteiger partial charge is 0.440 e. The number of nitrogens with zero attached hydrogens (tertiary/aromatic N) is 1. The molecule has 0 radical (unpaired) electrons. The lowest BCUT2D eigenvalue weighted by Gasteiger charge is -2.11. The Morgan fingerprint density at radius 3 is 2.47 bits per heavy atom. The van der Waals surface area contributed by atoms with Gasteiger partial charge in [-0.05, 0) is 12.1 Å². The monoisotopic (exact) mass is 255 g/mol. The van der Waals surface area contributed by atoms with Gasteiger partial charge in [-0.25, -0.2) is 4.98 Å². The molecule has 2 N–H and O–H groups in total. The standard InChI is InChI=1S/C11H14NO4P/c1-11(2,3)10-12-9-7(16-10)5-4-6-8(9)17(13,14)15/h4-6H,1-3H3,(H2,13,14,15). The normalized spacial score (nSPS) is 13.2. The van der Waals surface area contributed by atoms with Gasteiger partial charge in [0.25, 0.3) is 0 Å². The zero-order chi connectivity index (χ0) is 12.8. The van der Waals surface area contributed by atoms with Gasteiger partial charge in [-0.2, -0.15) is 0 Å². The van der Waals surface area contributed by atoms with E-state index in [4.69, 9.17) is 4.42 Å². The Morgan fingerprint density at radius 1 is 1.29 bits per heavy atom. The summed E-state index contributed by atoms with van der Waals surface area (Å²) in [6, 6.07) is 4.57. The first kappa shape index (κ1) is 12.3. The Kier molecular flexibility index (Phi) is 2.65. The third kappa shape index (κ3) is 2.27. The van der Waals surface area contributed by atoms with Crippen LogP contribution in [-0.4, -0.2) is 14.8 Å². The molecule has 92 valence electrons. The van der Waals surface area contributed by atoms with Crippen LogP contribution in [0.1, 0.15) is 26.7 Å². The molecule has 0 aliphatic carbocycles. The van der Waals surface area contributed by atoms with E-state index in [1.165, 1.54) is 6.07 Å². The van der Waals surface area contributed by atoms with Crippen LogP contribution in [0, 0.1) is 0 Å². The van der Waals surface area contributed by atoms with Crippen LogP contribution in [0.4, 0.5) is 0 Å². The van der Waals surface area contributed by atoms with Gasteiger partial charge in [0.1, 0.15) is 5.52 Å². The number of benzene rings is 1. The average molecular weight is 255 g/mol. The first-order chi connectivity index (χ1) is 7.69. The summed E-state index contributed by atoms with van der Waals surface area (Å²) in [5.41, 5.74) is 0.340. The minimum atomic E-state index is -4.33. The second kappa shape index (κ2) is 3.67. The topological polar surface area (TPSA) is 83.6 Å². The molecule has 2 aromatic rings. The Balaban J connectivity index is 2.74. The SMILES string of the molecule is CC(C)(C)c1nc2c(P(=O)(O)O)cccc2o1. The minimum absolute atomic E-state index is 0.0887. The summed E-state index contributed by atoms with van der Waals surface area (Å²) in [5.74, 6) is 0.466. The highest BCUT2D eigenvalue weighted by Gasteiger charge is 2.26. The smallest absolute Gasteiger partial charge is 0.358 e. The molecule has 0 aliphatic rings. The summed E-state index contributed by atoms with van der Waals surface area (Å²) in [6.07, 6.45) is 0. The van der Waals surface area contributed by atoms with Gasteiger partial charge in [-0.15, -0.1) is 0 Å². The maximum Gasteiger partial charge on any atom is 0.358 e. The fourth-order valence-corrected chi connectivity index (χ4v) is 2.21. The molecule has 0 spiro atoms. The van der Waals surface area contributed by atoms with E-state index in [0.717, 1.165) is 0 Å². The Labute approximate surface area is 98.6 Å². The molecule has 17 heavy (non-hydrogen) atoms. The molecule has 0 fully saturated rings. The number of rotatable bonds is 1. The predicted molar refractivity (Wildman–Crippen MR) is 64.4 cm³/mol. The number of hydrogen-bond donors (Lipinski definition) is 2.